The molecule has 8 heteroatoms. The van der Waals surface area contributed by atoms with Crippen molar-refractivity contribution in [2.75, 3.05) is 24.6 Å². The lowest BCUT2D eigenvalue weighted by molar-refractivity contribution is -0.126. The number of amides is 1. The number of rotatable bonds is 6. The van der Waals surface area contributed by atoms with Crippen LogP contribution < -0.4 is 16.0 Å². The van der Waals surface area contributed by atoms with Crippen molar-refractivity contribution in [3.8, 4) is 0 Å². The summed E-state index contributed by atoms with van der Waals surface area (Å²) in [7, 11) is 0. The Hall–Kier alpha value is -0.220. The van der Waals surface area contributed by atoms with Gasteiger partial charge in [0.1, 0.15) is 0 Å². The maximum Gasteiger partial charge on any atom is 0.223 e. The first-order valence-electron chi connectivity index (χ1n) is 9.73. The molecule has 0 aromatic rings. The molecular formula is C18H33IN4O2S. The van der Waals surface area contributed by atoms with Gasteiger partial charge in [0.25, 0.3) is 0 Å². The SMILES string of the molecule is CCNC(=NCC1(O)CCSC1)NC1CCCC(C(=O)NC2CC2)C1.I. The molecule has 6 nitrogen and oxygen atoms in total. The van der Waals surface area contributed by atoms with E-state index in [0.717, 1.165) is 69.0 Å². The molecule has 150 valence electrons. The molecule has 26 heavy (non-hydrogen) atoms. The van der Waals surface area contributed by atoms with Crippen molar-refractivity contribution >= 4 is 47.6 Å². The molecule has 3 unspecified atom stereocenters. The van der Waals surface area contributed by atoms with Crippen LogP contribution in [0.1, 0.15) is 51.9 Å². The summed E-state index contributed by atoms with van der Waals surface area (Å²) >= 11 is 1.79. The molecule has 3 fully saturated rings. The minimum Gasteiger partial charge on any atom is -0.387 e. The van der Waals surface area contributed by atoms with Crippen molar-refractivity contribution in [3.05, 3.63) is 0 Å². The second-order valence-corrected chi connectivity index (χ2v) is 8.81. The van der Waals surface area contributed by atoms with Gasteiger partial charge in [-0.3, -0.25) is 9.79 Å². The van der Waals surface area contributed by atoms with Gasteiger partial charge >= 0.3 is 0 Å². The van der Waals surface area contributed by atoms with E-state index in [1.807, 2.05) is 6.92 Å². The number of aliphatic imine (C=N–C) groups is 1. The molecule has 0 spiro atoms. The highest BCUT2D eigenvalue weighted by molar-refractivity contribution is 14.0. The molecule has 1 saturated heterocycles. The monoisotopic (exact) mass is 496 g/mol. The summed E-state index contributed by atoms with van der Waals surface area (Å²) in [5, 5.41) is 20.4. The lowest BCUT2D eigenvalue weighted by Gasteiger charge is -2.30. The molecule has 0 bridgehead atoms. The highest BCUT2D eigenvalue weighted by Crippen LogP contribution is 2.28. The summed E-state index contributed by atoms with van der Waals surface area (Å²) < 4.78 is 0. The smallest absolute Gasteiger partial charge is 0.223 e. The third kappa shape index (κ3) is 6.74. The van der Waals surface area contributed by atoms with Crippen LogP contribution >= 0.6 is 35.7 Å². The maximum absolute atomic E-state index is 12.3. The van der Waals surface area contributed by atoms with E-state index in [2.05, 4.69) is 20.9 Å². The van der Waals surface area contributed by atoms with E-state index < -0.39 is 5.60 Å². The molecule has 0 radical (unpaired) electrons. The summed E-state index contributed by atoms with van der Waals surface area (Å²) in [6.45, 7) is 3.27. The normalized spacial score (nSPS) is 31.8. The zero-order valence-corrected chi connectivity index (χ0v) is 18.8. The minimum absolute atomic E-state index is 0. The Morgan fingerprint density at radius 3 is 2.69 bits per heavy atom. The number of aliphatic hydroxyl groups is 1. The van der Waals surface area contributed by atoms with Gasteiger partial charge in [0, 0.05) is 30.3 Å². The van der Waals surface area contributed by atoms with Gasteiger partial charge in [-0.25, -0.2) is 0 Å². The first-order valence-corrected chi connectivity index (χ1v) is 10.9. The summed E-state index contributed by atoms with van der Waals surface area (Å²) in [6.07, 6.45) is 7.08. The van der Waals surface area contributed by atoms with Crippen molar-refractivity contribution in [1.82, 2.24) is 16.0 Å². The molecule has 1 heterocycles. The van der Waals surface area contributed by atoms with Crippen LogP contribution in [0, 0.1) is 5.92 Å². The summed E-state index contributed by atoms with van der Waals surface area (Å²) in [6, 6.07) is 0.707. The highest BCUT2D eigenvalue weighted by Gasteiger charge is 2.33. The lowest BCUT2D eigenvalue weighted by Crippen LogP contribution is -2.48. The minimum atomic E-state index is -0.660. The first-order chi connectivity index (χ1) is 12.1. The van der Waals surface area contributed by atoms with Crippen LogP contribution in [0.3, 0.4) is 0 Å². The molecule has 3 rings (SSSR count). The Kier molecular flexibility index (Phi) is 8.79. The number of hydrogen-bond acceptors (Lipinski definition) is 4. The van der Waals surface area contributed by atoms with E-state index in [-0.39, 0.29) is 41.8 Å². The fraction of sp³-hybridized carbons (Fsp3) is 0.889. The molecule has 0 aromatic carbocycles. The second kappa shape index (κ2) is 10.4. The van der Waals surface area contributed by atoms with Crippen LogP contribution in [0.25, 0.3) is 0 Å². The molecule has 0 aromatic heterocycles. The first kappa shape index (κ1) is 22.1. The summed E-state index contributed by atoms with van der Waals surface area (Å²) in [5.74, 6) is 2.89. The Morgan fingerprint density at radius 1 is 1.23 bits per heavy atom. The van der Waals surface area contributed by atoms with Crippen molar-refractivity contribution in [2.24, 2.45) is 10.9 Å². The molecule has 3 atom stereocenters. The average Bonchev–Trinajstić information content (AvgIpc) is 3.31. The summed E-state index contributed by atoms with van der Waals surface area (Å²) in [5.41, 5.74) is -0.660. The number of guanidine groups is 1. The largest absolute Gasteiger partial charge is 0.387 e. The van der Waals surface area contributed by atoms with E-state index in [1.54, 1.807) is 11.8 Å². The van der Waals surface area contributed by atoms with Crippen LogP contribution in [-0.2, 0) is 4.79 Å². The number of carbonyl (C=O) groups excluding carboxylic acids is 1. The molecule has 1 aliphatic heterocycles. The second-order valence-electron chi connectivity index (χ2n) is 7.71. The Morgan fingerprint density at radius 2 is 2.04 bits per heavy atom. The zero-order valence-electron chi connectivity index (χ0n) is 15.6. The van der Waals surface area contributed by atoms with Gasteiger partial charge in [-0.2, -0.15) is 11.8 Å². The lowest BCUT2D eigenvalue weighted by atomic mass is 9.85. The number of nitrogens with zero attached hydrogens (tertiary/aromatic N) is 1. The number of carbonyl (C=O) groups is 1. The molecular weight excluding hydrogens is 463 g/mol. The van der Waals surface area contributed by atoms with Gasteiger partial charge in [-0.05, 0) is 51.2 Å². The molecule has 1 amide bonds. The topological polar surface area (TPSA) is 85.8 Å². The van der Waals surface area contributed by atoms with Gasteiger partial charge in [0.15, 0.2) is 5.96 Å². The van der Waals surface area contributed by atoms with Crippen LogP contribution in [0.2, 0.25) is 0 Å². The van der Waals surface area contributed by atoms with Crippen LogP contribution in [0.5, 0.6) is 0 Å². The van der Waals surface area contributed by atoms with Crippen molar-refractivity contribution in [3.63, 3.8) is 0 Å². The number of halogens is 1. The van der Waals surface area contributed by atoms with E-state index >= 15 is 0 Å². The van der Waals surface area contributed by atoms with Gasteiger partial charge in [-0.15, -0.1) is 24.0 Å². The molecule has 4 N–H and O–H groups in total. The number of nitrogens with one attached hydrogen (secondary N) is 3. The summed E-state index contributed by atoms with van der Waals surface area (Å²) in [4.78, 5) is 16.9. The van der Waals surface area contributed by atoms with Crippen molar-refractivity contribution in [1.29, 1.82) is 0 Å². The number of hydrogen-bond donors (Lipinski definition) is 4. The van der Waals surface area contributed by atoms with Gasteiger partial charge < -0.3 is 21.1 Å². The Labute approximate surface area is 178 Å². The standard InChI is InChI=1S/C18H32N4O2S.HI/c1-2-19-17(20-11-18(24)8-9-25-12-18)22-15-5-3-4-13(10-15)16(23)21-14-6-7-14;/h13-15,24H,2-12H2,1H3,(H,21,23)(H2,19,20,22);1H. The van der Waals surface area contributed by atoms with Gasteiger partial charge in [-0.1, -0.05) is 6.42 Å². The average molecular weight is 496 g/mol. The Balaban J connectivity index is 0.00000243. The zero-order chi connectivity index (χ0) is 17.7. The third-order valence-electron chi connectivity index (χ3n) is 5.27. The molecule has 3 aliphatic rings. The number of thioether (sulfide) groups is 1. The van der Waals surface area contributed by atoms with Crippen LogP contribution in [-0.4, -0.2) is 59.3 Å². The van der Waals surface area contributed by atoms with Crippen molar-refractivity contribution in [2.45, 2.75) is 69.6 Å². The van der Waals surface area contributed by atoms with Crippen LogP contribution in [0.15, 0.2) is 4.99 Å². The van der Waals surface area contributed by atoms with Crippen LogP contribution in [0.4, 0.5) is 0 Å². The van der Waals surface area contributed by atoms with Crippen molar-refractivity contribution < 1.29 is 9.90 Å². The third-order valence-corrected chi connectivity index (χ3v) is 6.50. The fourth-order valence-corrected chi connectivity index (χ4v) is 4.85. The van der Waals surface area contributed by atoms with E-state index in [4.69, 9.17) is 0 Å². The molecule has 2 saturated carbocycles. The highest BCUT2D eigenvalue weighted by atomic mass is 127. The van der Waals surface area contributed by atoms with E-state index in [0.29, 0.717) is 12.6 Å². The van der Waals surface area contributed by atoms with E-state index in [1.165, 1.54) is 0 Å². The van der Waals surface area contributed by atoms with E-state index in [9.17, 15) is 9.90 Å². The quantitative estimate of drug-likeness (QED) is 0.256. The van der Waals surface area contributed by atoms with Gasteiger partial charge in [0.05, 0.1) is 12.1 Å². The van der Waals surface area contributed by atoms with Gasteiger partial charge in [0.2, 0.25) is 5.91 Å². The fourth-order valence-electron chi connectivity index (χ4n) is 3.57. The molecule has 2 aliphatic carbocycles. The predicted molar refractivity (Wildman–Crippen MR) is 118 cm³/mol. The maximum atomic E-state index is 12.3. The predicted octanol–water partition coefficient (Wildman–Crippen LogP) is 1.86. The Bertz CT molecular complexity index is 496.